The van der Waals surface area contributed by atoms with Gasteiger partial charge in [0.05, 0.1) is 25.4 Å². The number of esters is 1. The topological polar surface area (TPSA) is 95.9 Å². The number of aliphatic hydroxyl groups excluding tert-OH is 2. The molecular weight excluding hydrogens is 1010 g/mol. The molecule has 0 heterocycles. The minimum atomic E-state index is -0.851. The predicted molar refractivity (Wildman–Crippen MR) is 361 cm³/mol. The zero-order valence-corrected chi connectivity index (χ0v) is 55.0. The van der Waals surface area contributed by atoms with Gasteiger partial charge in [-0.25, -0.2) is 0 Å². The molecule has 0 aromatic heterocycles. The normalized spacial score (nSPS) is 12.9. The van der Waals surface area contributed by atoms with Crippen molar-refractivity contribution in [1.82, 2.24) is 5.32 Å². The standard InChI is InChI=1S/C76H141NO5/c1-3-5-7-9-11-13-15-17-19-21-22-23-27-30-33-37-40-44-48-52-56-60-64-68-74(79)73(72-78)77-75(80)69-65-61-57-53-49-45-41-38-34-31-28-25-24-26-29-32-35-39-43-47-51-55-59-63-67-71-82-76(81)70-66-62-58-54-50-46-42-36-20-18-16-14-12-10-8-6-4-2/h12,14,18,20,25-26,28-29,64,68,73-74,78-79H,3-11,13,15-17,19,21-24,27,30-63,65-67,69-72H2,1-2H3,(H,77,80)/b14-12-,20-18-,28-25-,29-26-,68-64+. The Bertz CT molecular complexity index is 1420. The van der Waals surface area contributed by atoms with Crippen molar-refractivity contribution in [2.45, 2.75) is 398 Å². The maximum absolute atomic E-state index is 12.5. The summed E-state index contributed by atoms with van der Waals surface area (Å²) < 4.78 is 5.49. The van der Waals surface area contributed by atoms with Crippen LogP contribution in [0.4, 0.5) is 0 Å². The zero-order valence-electron chi connectivity index (χ0n) is 55.0. The Morgan fingerprint density at radius 3 is 0.951 bits per heavy atom. The van der Waals surface area contributed by atoms with Crippen molar-refractivity contribution >= 4 is 11.9 Å². The Labute approximate surface area is 511 Å². The quantitative estimate of drug-likeness (QED) is 0.0320. The summed E-state index contributed by atoms with van der Waals surface area (Å²) in [6.45, 7) is 4.90. The second-order valence-electron chi connectivity index (χ2n) is 24.9. The molecule has 2 atom stereocenters. The van der Waals surface area contributed by atoms with Gasteiger partial charge < -0.3 is 20.3 Å². The molecule has 0 fully saturated rings. The Morgan fingerprint density at radius 1 is 0.341 bits per heavy atom. The van der Waals surface area contributed by atoms with Crippen LogP contribution in [0.15, 0.2) is 60.8 Å². The summed E-state index contributed by atoms with van der Waals surface area (Å²) >= 11 is 0. The molecule has 0 bridgehead atoms. The van der Waals surface area contributed by atoms with Gasteiger partial charge >= 0.3 is 5.97 Å². The van der Waals surface area contributed by atoms with E-state index in [1.165, 1.54) is 302 Å². The monoisotopic (exact) mass is 1150 g/mol. The van der Waals surface area contributed by atoms with Crippen LogP contribution in [0.25, 0.3) is 0 Å². The number of carbonyl (C=O) groups excluding carboxylic acids is 2. The van der Waals surface area contributed by atoms with Crippen LogP contribution < -0.4 is 5.32 Å². The van der Waals surface area contributed by atoms with Crippen molar-refractivity contribution in [2.75, 3.05) is 13.2 Å². The second kappa shape index (κ2) is 71.0. The lowest BCUT2D eigenvalue weighted by atomic mass is 10.0. The predicted octanol–water partition coefficient (Wildman–Crippen LogP) is 23.8. The zero-order chi connectivity index (χ0) is 59.2. The van der Waals surface area contributed by atoms with E-state index in [0.29, 0.717) is 19.4 Å². The van der Waals surface area contributed by atoms with Gasteiger partial charge in [-0.2, -0.15) is 0 Å². The van der Waals surface area contributed by atoms with E-state index in [9.17, 15) is 19.8 Å². The molecule has 0 saturated carbocycles. The Balaban J connectivity index is 3.46. The van der Waals surface area contributed by atoms with Crippen LogP contribution in [0.1, 0.15) is 386 Å². The molecular formula is C76H141NO5. The third kappa shape index (κ3) is 66.7. The minimum absolute atomic E-state index is 0.000867. The van der Waals surface area contributed by atoms with E-state index >= 15 is 0 Å². The molecule has 0 aromatic rings. The number of hydrogen-bond acceptors (Lipinski definition) is 5. The van der Waals surface area contributed by atoms with Crippen molar-refractivity contribution in [3.05, 3.63) is 60.8 Å². The van der Waals surface area contributed by atoms with Gasteiger partial charge in [0.25, 0.3) is 0 Å². The fourth-order valence-corrected chi connectivity index (χ4v) is 11.2. The highest BCUT2D eigenvalue weighted by Crippen LogP contribution is 2.18. The Hall–Kier alpha value is -2.44. The maximum Gasteiger partial charge on any atom is 0.305 e. The van der Waals surface area contributed by atoms with Gasteiger partial charge in [-0.3, -0.25) is 9.59 Å². The van der Waals surface area contributed by atoms with Crippen molar-refractivity contribution in [2.24, 2.45) is 0 Å². The molecule has 0 rings (SSSR count). The number of ether oxygens (including phenoxy) is 1. The van der Waals surface area contributed by atoms with Gasteiger partial charge in [-0.05, 0) is 96.3 Å². The fraction of sp³-hybridized carbons (Fsp3) is 0.842. The molecule has 1 amide bonds. The van der Waals surface area contributed by atoms with E-state index in [0.717, 1.165) is 57.8 Å². The van der Waals surface area contributed by atoms with E-state index in [-0.39, 0.29) is 18.5 Å². The SMILES string of the molecule is CCCCC/C=C\C/C=C\CCCCCCCCCC(=O)OCCCCCCCCCCC/C=C\C/C=C\CCCCCCCCCCCC(=O)NC(CO)C(O)/C=C/CCCCCCCCCCCCCCCCCCCCCCC. The first kappa shape index (κ1) is 79.6. The Kier molecular flexibility index (Phi) is 68.9. The largest absolute Gasteiger partial charge is 0.466 e. The molecule has 0 saturated heterocycles. The van der Waals surface area contributed by atoms with Gasteiger partial charge in [0, 0.05) is 12.8 Å². The first-order chi connectivity index (χ1) is 40.5. The van der Waals surface area contributed by atoms with Gasteiger partial charge in [0.15, 0.2) is 0 Å². The van der Waals surface area contributed by atoms with Crippen LogP contribution in [0.3, 0.4) is 0 Å². The molecule has 2 unspecified atom stereocenters. The molecule has 6 nitrogen and oxygen atoms in total. The van der Waals surface area contributed by atoms with Crippen LogP contribution in [0.5, 0.6) is 0 Å². The number of carbonyl (C=O) groups is 2. The minimum Gasteiger partial charge on any atom is -0.466 e. The van der Waals surface area contributed by atoms with Crippen LogP contribution in [-0.2, 0) is 14.3 Å². The number of allylic oxidation sites excluding steroid dienone is 9. The molecule has 480 valence electrons. The van der Waals surface area contributed by atoms with E-state index in [4.69, 9.17) is 4.74 Å². The molecule has 3 N–H and O–H groups in total. The average molecular weight is 1150 g/mol. The number of hydrogen-bond donors (Lipinski definition) is 3. The molecule has 0 aromatic carbocycles. The molecule has 0 aliphatic rings. The first-order valence-corrected chi connectivity index (χ1v) is 36.6. The Morgan fingerprint density at radius 2 is 0.610 bits per heavy atom. The summed E-state index contributed by atoms with van der Waals surface area (Å²) in [5.41, 5.74) is 0. The van der Waals surface area contributed by atoms with Crippen LogP contribution in [-0.4, -0.2) is 47.4 Å². The number of nitrogens with one attached hydrogen (secondary N) is 1. The summed E-state index contributed by atoms with van der Waals surface area (Å²) in [5.74, 6) is -0.0703. The molecule has 0 spiro atoms. The van der Waals surface area contributed by atoms with Crippen molar-refractivity contribution in [1.29, 1.82) is 0 Å². The smallest absolute Gasteiger partial charge is 0.305 e. The number of amides is 1. The molecule has 0 radical (unpaired) electrons. The summed E-state index contributed by atoms with van der Waals surface area (Å²) in [6, 6.07) is -0.635. The van der Waals surface area contributed by atoms with Crippen LogP contribution in [0, 0.1) is 0 Å². The van der Waals surface area contributed by atoms with Crippen molar-refractivity contribution in [3.8, 4) is 0 Å². The maximum atomic E-state index is 12.5. The molecule has 0 aliphatic heterocycles. The third-order valence-corrected chi connectivity index (χ3v) is 16.8. The van der Waals surface area contributed by atoms with E-state index in [1.807, 2.05) is 6.08 Å². The number of unbranched alkanes of at least 4 members (excludes halogenated alkanes) is 49. The summed E-state index contributed by atoms with van der Waals surface area (Å²) in [4.78, 5) is 24.6. The van der Waals surface area contributed by atoms with Gasteiger partial charge in [0.1, 0.15) is 0 Å². The van der Waals surface area contributed by atoms with Crippen LogP contribution in [0.2, 0.25) is 0 Å². The highest BCUT2D eigenvalue weighted by molar-refractivity contribution is 5.76. The van der Waals surface area contributed by atoms with Gasteiger partial charge in [-0.1, -0.05) is 338 Å². The lowest BCUT2D eigenvalue weighted by Crippen LogP contribution is -2.45. The summed E-state index contributed by atoms with van der Waals surface area (Å²) in [5, 5.41) is 23.3. The van der Waals surface area contributed by atoms with Gasteiger partial charge in [0.2, 0.25) is 5.91 Å². The van der Waals surface area contributed by atoms with E-state index < -0.39 is 12.1 Å². The molecule has 82 heavy (non-hydrogen) atoms. The average Bonchev–Trinajstić information content (AvgIpc) is 3.48. The van der Waals surface area contributed by atoms with Crippen molar-refractivity contribution < 1.29 is 24.5 Å². The van der Waals surface area contributed by atoms with Crippen molar-refractivity contribution in [3.63, 3.8) is 0 Å². The molecule has 6 heteroatoms. The first-order valence-electron chi connectivity index (χ1n) is 36.6. The van der Waals surface area contributed by atoms with Gasteiger partial charge in [-0.15, -0.1) is 0 Å². The summed E-state index contributed by atoms with van der Waals surface area (Å²) in [7, 11) is 0. The molecule has 0 aliphatic carbocycles. The number of aliphatic hydroxyl groups is 2. The van der Waals surface area contributed by atoms with Crippen LogP contribution >= 0.6 is 0 Å². The number of rotatable bonds is 68. The highest BCUT2D eigenvalue weighted by atomic mass is 16.5. The summed E-state index contributed by atoms with van der Waals surface area (Å²) in [6.07, 6.45) is 94.4. The highest BCUT2D eigenvalue weighted by Gasteiger charge is 2.18. The van der Waals surface area contributed by atoms with E-state index in [2.05, 4.69) is 67.8 Å². The fourth-order valence-electron chi connectivity index (χ4n) is 11.2. The lowest BCUT2D eigenvalue weighted by molar-refractivity contribution is -0.143. The second-order valence-corrected chi connectivity index (χ2v) is 24.9. The third-order valence-electron chi connectivity index (χ3n) is 16.8. The van der Waals surface area contributed by atoms with E-state index in [1.54, 1.807) is 6.08 Å². The lowest BCUT2D eigenvalue weighted by Gasteiger charge is -2.20.